The molecule has 50 heavy (non-hydrogen) atoms. The average Bonchev–Trinajstić information content (AvgIpc) is 2.94. The number of quaternary nitrogens is 1. The predicted octanol–water partition coefficient (Wildman–Crippen LogP) is -6.21. The third kappa shape index (κ3) is 22.7. The zero-order valence-corrected chi connectivity index (χ0v) is 30.9. The fraction of sp³-hybridized carbons (Fsp3) is 0.500. The molecular formula is C30H52ErN6O12P. The van der Waals surface area contributed by atoms with Gasteiger partial charge in [0, 0.05) is 105 Å². The maximum absolute atomic E-state index is 13.7. The molecule has 0 spiro atoms. The first-order chi connectivity index (χ1) is 21.0. The van der Waals surface area contributed by atoms with E-state index in [1.807, 2.05) is 65.6 Å². The maximum atomic E-state index is 13.7. The summed E-state index contributed by atoms with van der Waals surface area (Å²) in [6.07, 6.45) is -0.487. The van der Waals surface area contributed by atoms with Gasteiger partial charge in [0.05, 0.1) is 17.9 Å². The Bertz CT molecular complexity index is 1180. The summed E-state index contributed by atoms with van der Waals surface area (Å²) in [5.41, 5.74) is 1.94. The van der Waals surface area contributed by atoms with Gasteiger partial charge in [-0.2, -0.15) is 0 Å². The van der Waals surface area contributed by atoms with Gasteiger partial charge in [-0.05, 0) is 11.1 Å². The second kappa shape index (κ2) is 28.5. The minimum absolute atomic E-state index is 0. The van der Waals surface area contributed by atoms with E-state index in [4.69, 9.17) is 0 Å². The van der Waals surface area contributed by atoms with Crippen LogP contribution in [-0.4, -0.2) is 149 Å². The number of hydrogen-bond acceptors (Lipinski definition) is 13. The van der Waals surface area contributed by atoms with Gasteiger partial charge < -0.3 is 67.2 Å². The fourth-order valence-electron chi connectivity index (χ4n) is 5.24. The molecule has 1 aliphatic rings. The van der Waals surface area contributed by atoms with Gasteiger partial charge in [-0.25, -0.2) is 0 Å². The largest absolute Gasteiger partial charge is 3.00 e. The fourth-order valence-corrected chi connectivity index (χ4v) is 7.03. The number of nitrogens with zero attached hydrogens (tertiary/aromatic N) is 5. The summed E-state index contributed by atoms with van der Waals surface area (Å²) in [5.74, 6) is -3.91. The number of aliphatic carboxylic acids is 3. The van der Waals surface area contributed by atoms with Crippen LogP contribution in [0.2, 0.25) is 0 Å². The molecule has 291 valence electrons. The van der Waals surface area contributed by atoms with Crippen molar-refractivity contribution in [1.82, 2.24) is 30.7 Å². The first-order valence-corrected chi connectivity index (χ1v) is 16.6. The van der Waals surface area contributed by atoms with E-state index >= 15 is 0 Å². The molecule has 0 saturated carbocycles. The van der Waals surface area contributed by atoms with Gasteiger partial charge in [-0.3, -0.25) is 24.5 Å². The van der Waals surface area contributed by atoms with Crippen LogP contribution in [0, 0.1) is 37.3 Å². The maximum Gasteiger partial charge on any atom is 3.00 e. The van der Waals surface area contributed by atoms with Gasteiger partial charge in [-0.15, -0.1) is 0 Å². The Labute approximate surface area is 322 Å². The average molecular weight is 887 g/mol. The van der Waals surface area contributed by atoms with E-state index in [-0.39, 0.29) is 130 Å². The van der Waals surface area contributed by atoms with E-state index in [1.165, 1.54) is 0 Å². The molecule has 1 heterocycles. The molecule has 0 aliphatic carbocycles. The van der Waals surface area contributed by atoms with E-state index in [0.717, 1.165) is 11.1 Å². The van der Waals surface area contributed by atoms with Crippen molar-refractivity contribution < 1.29 is 98.4 Å². The zero-order valence-electron chi connectivity index (χ0n) is 28.1. The summed E-state index contributed by atoms with van der Waals surface area (Å²) in [6.45, 7) is 1.14. The Morgan fingerprint density at radius 2 is 0.860 bits per heavy atom. The summed E-state index contributed by atoms with van der Waals surface area (Å²) in [4.78, 5) is 56.1. The Hall–Kier alpha value is -2.11. The minimum Gasteiger partial charge on any atom is -0.798 e. The van der Waals surface area contributed by atoms with E-state index in [2.05, 4.69) is 0 Å². The van der Waals surface area contributed by atoms with E-state index < -0.39 is 44.9 Å². The molecule has 0 bridgehead atoms. The van der Waals surface area contributed by atoms with Crippen LogP contribution in [-0.2, 0) is 32.0 Å². The molecule has 18 nitrogen and oxygen atoms in total. The third-order valence-electron chi connectivity index (χ3n) is 7.32. The van der Waals surface area contributed by atoms with Crippen molar-refractivity contribution >= 4 is 25.3 Å². The molecule has 2 aromatic rings. The van der Waals surface area contributed by atoms with Crippen LogP contribution < -0.4 is 26.4 Å². The van der Waals surface area contributed by atoms with Crippen LogP contribution in [0.4, 0.5) is 0 Å². The molecular weight excluding hydrogens is 835 g/mol. The van der Waals surface area contributed by atoms with E-state index in [0.29, 0.717) is 13.1 Å². The third-order valence-corrected chi connectivity index (χ3v) is 8.98. The van der Waals surface area contributed by atoms with Gasteiger partial charge in [0.1, 0.15) is 0 Å². The molecule has 1 radical (unpaired) electrons. The van der Waals surface area contributed by atoms with Crippen molar-refractivity contribution in [3.8, 4) is 0 Å². The molecule has 1 fully saturated rings. The second-order valence-electron chi connectivity index (χ2n) is 11.1. The van der Waals surface area contributed by atoms with Crippen molar-refractivity contribution in [3.05, 3.63) is 71.8 Å². The topological polar surface area (TPSA) is 339 Å². The molecule has 2 aromatic carbocycles. The standard InChI is InChI=1S/C30H44N5O8P.Er.H3N.4H2O/c36-28(37)21-31-11-13-32(22-29(38)39)15-17-34(18-16-33(14-12-31)23-30(40)41)24-44(42,43)25-35(19-26-7-3-1-4-8-26)20-27-9-5-2-6-10-27;;;;;;/h1-10H,11-25H2,(H,36,37)(H,38,39)(H,40,41)(H,42,43);;1H3;4*1H2/q;+3;;;;;/p-3. The number of hydrogen-bond donors (Lipinski definition) is 1. The molecule has 0 amide bonds. The van der Waals surface area contributed by atoms with Crippen LogP contribution in [0.1, 0.15) is 11.1 Å². The SMILES string of the molecule is O.O.O.O.O=C([O-])CN1CCN(CC(=O)[O-])CCN(CP(=O)([O-])CN(Cc2ccccc2)Cc2ccccc2)CCN(CC(=O)[O-])CC1.[Er+3].[NH4+]. The van der Waals surface area contributed by atoms with Gasteiger partial charge in [0.2, 0.25) is 0 Å². The first-order valence-electron chi connectivity index (χ1n) is 14.6. The van der Waals surface area contributed by atoms with Crippen LogP contribution in [0.25, 0.3) is 0 Å². The Kier molecular flexibility index (Phi) is 31.1. The summed E-state index contributed by atoms with van der Waals surface area (Å²) in [6, 6.07) is 19.2. The van der Waals surface area contributed by atoms with Gasteiger partial charge in [0.15, 0.2) is 0 Å². The van der Waals surface area contributed by atoms with E-state index in [9.17, 15) is 39.2 Å². The Morgan fingerprint density at radius 1 is 0.580 bits per heavy atom. The van der Waals surface area contributed by atoms with Crippen LogP contribution >= 0.6 is 7.37 Å². The number of benzene rings is 2. The van der Waals surface area contributed by atoms with Gasteiger partial charge in [0.25, 0.3) is 0 Å². The smallest absolute Gasteiger partial charge is 0.798 e. The predicted molar refractivity (Wildman–Crippen MR) is 176 cm³/mol. The van der Waals surface area contributed by atoms with Crippen molar-refractivity contribution in [3.63, 3.8) is 0 Å². The summed E-state index contributed by atoms with van der Waals surface area (Å²) < 4.78 is 13.7. The van der Waals surface area contributed by atoms with Gasteiger partial charge >= 0.3 is 37.3 Å². The number of carboxylic acids is 3. The van der Waals surface area contributed by atoms with Crippen LogP contribution in [0.5, 0.6) is 0 Å². The Balaban J connectivity index is -0.00000176. The number of rotatable bonds is 14. The molecule has 1 saturated heterocycles. The monoisotopic (exact) mass is 885 g/mol. The van der Waals surface area contributed by atoms with Gasteiger partial charge in [-0.1, -0.05) is 60.7 Å². The van der Waals surface area contributed by atoms with Crippen molar-refractivity contribution in [2.75, 3.05) is 84.6 Å². The quantitative estimate of drug-likeness (QED) is 0.173. The van der Waals surface area contributed by atoms with E-state index in [1.54, 1.807) is 19.6 Å². The second-order valence-corrected chi connectivity index (χ2v) is 13.3. The molecule has 12 N–H and O–H groups in total. The van der Waals surface area contributed by atoms with Crippen molar-refractivity contribution in [2.24, 2.45) is 0 Å². The molecule has 0 aromatic heterocycles. The normalized spacial score (nSPS) is 16.0. The molecule has 20 heteroatoms. The number of carbonyl (C=O) groups excluding carboxylic acids is 3. The van der Waals surface area contributed by atoms with Crippen LogP contribution in [0.3, 0.4) is 0 Å². The number of carbonyl (C=O) groups is 3. The summed E-state index contributed by atoms with van der Waals surface area (Å²) in [7, 11) is -4.06. The number of carboxylic acid groups (broad SMARTS) is 3. The zero-order chi connectivity index (χ0) is 32.0. The molecule has 3 rings (SSSR count). The summed E-state index contributed by atoms with van der Waals surface area (Å²) >= 11 is 0. The first kappa shape index (κ1) is 54.7. The Morgan fingerprint density at radius 3 is 1.14 bits per heavy atom. The van der Waals surface area contributed by atoms with Crippen molar-refractivity contribution in [2.45, 2.75) is 13.1 Å². The minimum atomic E-state index is -4.06. The molecule has 1 unspecified atom stereocenters. The van der Waals surface area contributed by atoms with Crippen molar-refractivity contribution in [1.29, 1.82) is 0 Å². The summed E-state index contributed by atoms with van der Waals surface area (Å²) in [5, 5.41) is 34.1. The van der Waals surface area contributed by atoms with Crippen LogP contribution in [0.15, 0.2) is 60.7 Å². The molecule has 1 aliphatic heterocycles. The molecule has 1 atom stereocenters.